The van der Waals surface area contributed by atoms with E-state index in [9.17, 15) is 4.79 Å². The first-order chi connectivity index (χ1) is 12.1. The smallest absolute Gasteiger partial charge is 0.227 e. The van der Waals surface area contributed by atoms with Gasteiger partial charge in [-0.05, 0) is 29.8 Å². The van der Waals surface area contributed by atoms with E-state index in [1.165, 1.54) is 0 Å². The lowest BCUT2D eigenvalue weighted by Crippen LogP contribution is -2.26. The van der Waals surface area contributed by atoms with E-state index in [0.29, 0.717) is 36.1 Å². The Balaban J connectivity index is 1.53. The average Bonchev–Trinajstić information content (AvgIpc) is 3.11. The van der Waals surface area contributed by atoms with Crippen molar-refractivity contribution in [2.75, 3.05) is 7.05 Å². The number of carbonyl (C=O) groups is 1. The van der Waals surface area contributed by atoms with Gasteiger partial charge in [0.1, 0.15) is 0 Å². The molecule has 0 N–H and O–H groups in total. The number of nitrogens with zero attached hydrogens (tertiary/aromatic N) is 4. The molecule has 0 aliphatic heterocycles. The van der Waals surface area contributed by atoms with Crippen molar-refractivity contribution in [3.8, 4) is 11.4 Å². The molecular weight excluding hydrogens is 340 g/mol. The van der Waals surface area contributed by atoms with Crippen molar-refractivity contribution in [1.82, 2.24) is 20.0 Å². The van der Waals surface area contributed by atoms with Crippen molar-refractivity contribution in [3.05, 3.63) is 65.3 Å². The zero-order chi connectivity index (χ0) is 17.6. The minimum absolute atomic E-state index is 0.0126. The molecule has 7 heteroatoms. The number of rotatable bonds is 6. The van der Waals surface area contributed by atoms with Gasteiger partial charge >= 0.3 is 0 Å². The summed E-state index contributed by atoms with van der Waals surface area (Å²) in [6.45, 7) is 0.530. The van der Waals surface area contributed by atoms with Crippen LogP contribution in [0.3, 0.4) is 0 Å². The van der Waals surface area contributed by atoms with Crippen molar-refractivity contribution < 1.29 is 9.32 Å². The fourth-order valence-electron chi connectivity index (χ4n) is 2.33. The second-order valence-electron chi connectivity index (χ2n) is 5.62. The molecule has 0 atom stereocenters. The average molecular weight is 357 g/mol. The van der Waals surface area contributed by atoms with Gasteiger partial charge in [0.25, 0.3) is 0 Å². The fourth-order valence-corrected chi connectivity index (χ4v) is 2.46. The Morgan fingerprint density at radius 1 is 1.16 bits per heavy atom. The second-order valence-corrected chi connectivity index (χ2v) is 6.06. The SMILES string of the molecule is CN(Cc1ccc(Cl)cc1)C(=O)CCc1nc(-c2ccncc2)no1. The maximum Gasteiger partial charge on any atom is 0.227 e. The standard InChI is InChI=1S/C18H17ClN4O2/c1-23(12-13-2-4-15(19)5-3-13)17(24)7-6-16-21-18(22-25-16)14-8-10-20-11-9-14/h2-5,8-11H,6-7,12H2,1H3. The Morgan fingerprint density at radius 3 is 2.60 bits per heavy atom. The normalized spacial score (nSPS) is 10.6. The first kappa shape index (κ1) is 17.1. The highest BCUT2D eigenvalue weighted by atomic mass is 35.5. The summed E-state index contributed by atoms with van der Waals surface area (Å²) in [5.41, 5.74) is 1.86. The van der Waals surface area contributed by atoms with E-state index < -0.39 is 0 Å². The molecular formula is C18H17ClN4O2. The lowest BCUT2D eigenvalue weighted by Gasteiger charge is -2.16. The fraction of sp³-hybridized carbons (Fsp3) is 0.222. The third-order valence-corrected chi connectivity index (χ3v) is 3.97. The van der Waals surface area contributed by atoms with Gasteiger partial charge in [-0.3, -0.25) is 9.78 Å². The molecule has 1 aromatic carbocycles. The number of aromatic nitrogens is 3. The Morgan fingerprint density at radius 2 is 1.88 bits per heavy atom. The van der Waals surface area contributed by atoms with Gasteiger partial charge in [0.05, 0.1) is 0 Å². The van der Waals surface area contributed by atoms with Gasteiger partial charge in [0, 0.05) is 49.4 Å². The van der Waals surface area contributed by atoms with Gasteiger partial charge in [-0.1, -0.05) is 28.9 Å². The second kappa shape index (κ2) is 7.90. The lowest BCUT2D eigenvalue weighted by molar-refractivity contribution is -0.130. The number of halogens is 1. The first-order valence-electron chi connectivity index (χ1n) is 7.83. The number of pyridine rings is 1. The van der Waals surface area contributed by atoms with Gasteiger partial charge in [-0.25, -0.2) is 0 Å². The molecule has 1 amide bonds. The van der Waals surface area contributed by atoms with Crippen LogP contribution >= 0.6 is 11.6 Å². The summed E-state index contributed by atoms with van der Waals surface area (Å²) in [6.07, 6.45) is 4.05. The van der Waals surface area contributed by atoms with Gasteiger partial charge in [0.15, 0.2) is 0 Å². The number of amides is 1. The first-order valence-corrected chi connectivity index (χ1v) is 8.21. The number of hydrogen-bond acceptors (Lipinski definition) is 5. The highest BCUT2D eigenvalue weighted by Crippen LogP contribution is 2.15. The van der Waals surface area contributed by atoms with Gasteiger partial charge in [-0.15, -0.1) is 0 Å². The Hall–Kier alpha value is -2.73. The number of carbonyl (C=O) groups excluding carboxylic acids is 1. The number of aryl methyl sites for hydroxylation is 1. The van der Waals surface area contributed by atoms with E-state index in [4.69, 9.17) is 16.1 Å². The third-order valence-electron chi connectivity index (χ3n) is 3.72. The summed E-state index contributed by atoms with van der Waals surface area (Å²) < 4.78 is 5.21. The van der Waals surface area contributed by atoms with Crippen LogP contribution in [0.15, 0.2) is 53.3 Å². The summed E-state index contributed by atoms with van der Waals surface area (Å²) in [7, 11) is 1.77. The van der Waals surface area contributed by atoms with Crippen molar-refractivity contribution in [2.24, 2.45) is 0 Å². The van der Waals surface area contributed by atoms with Gasteiger partial charge < -0.3 is 9.42 Å². The molecule has 6 nitrogen and oxygen atoms in total. The molecule has 0 spiro atoms. The predicted molar refractivity (Wildman–Crippen MR) is 93.8 cm³/mol. The number of hydrogen-bond donors (Lipinski definition) is 0. The molecule has 0 fully saturated rings. The van der Waals surface area contributed by atoms with Crippen LogP contribution in [-0.2, 0) is 17.8 Å². The summed E-state index contributed by atoms with van der Waals surface area (Å²) in [4.78, 5) is 22.2. The van der Waals surface area contributed by atoms with Crippen LogP contribution in [-0.4, -0.2) is 33.0 Å². The van der Waals surface area contributed by atoms with Crippen LogP contribution in [0.4, 0.5) is 0 Å². The minimum atomic E-state index is 0.0126. The quantitative estimate of drug-likeness (QED) is 0.677. The van der Waals surface area contributed by atoms with Crippen molar-refractivity contribution in [2.45, 2.75) is 19.4 Å². The summed E-state index contributed by atoms with van der Waals surface area (Å²) >= 11 is 5.87. The zero-order valence-electron chi connectivity index (χ0n) is 13.7. The molecule has 2 heterocycles. The van der Waals surface area contributed by atoms with E-state index >= 15 is 0 Å². The Labute approximate surface area is 150 Å². The summed E-state index contributed by atoms with van der Waals surface area (Å²) in [6, 6.07) is 11.1. The van der Waals surface area contributed by atoms with Crippen LogP contribution in [0.2, 0.25) is 5.02 Å². The molecule has 3 rings (SSSR count). The van der Waals surface area contributed by atoms with E-state index in [2.05, 4.69) is 15.1 Å². The molecule has 128 valence electrons. The van der Waals surface area contributed by atoms with Crippen LogP contribution in [0.5, 0.6) is 0 Å². The van der Waals surface area contributed by atoms with Crippen molar-refractivity contribution in [3.63, 3.8) is 0 Å². The molecule has 0 aliphatic rings. The zero-order valence-corrected chi connectivity index (χ0v) is 14.5. The molecule has 3 aromatic rings. The molecule has 0 saturated carbocycles. The van der Waals surface area contributed by atoms with E-state index in [1.807, 2.05) is 24.3 Å². The van der Waals surface area contributed by atoms with Gasteiger partial charge in [0.2, 0.25) is 17.6 Å². The maximum atomic E-state index is 12.3. The predicted octanol–water partition coefficient (Wildman–Crippen LogP) is 3.38. The van der Waals surface area contributed by atoms with Crippen molar-refractivity contribution >= 4 is 17.5 Å². The minimum Gasteiger partial charge on any atom is -0.341 e. The molecule has 0 saturated heterocycles. The molecule has 25 heavy (non-hydrogen) atoms. The Kier molecular flexibility index (Phi) is 5.40. The highest BCUT2D eigenvalue weighted by Gasteiger charge is 2.13. The highest BCUT2D eigenvalue weighted by molar-refractivity contribution is 6.30. The topological polar surface area (TPSA) is 72.1 Å². The number of benzene rings is 1. The van der Waals surface area contributed by atoms with Crippen LogP contribution in [0.1, 0.15) is 17.9 Å². The molecule has 0 radical (unpaired) electrons. The van der Waals surface area contributed by atoms with Crippen LogP contribution in [0.25, 0.3) is 11.4 Å². The van der Waals surface area contributed by atoms with E-state index in [1.54, 1.807) is 36.5 Å². The van der Waals surface area contributed by atoms with E-state index in [-0.39, 0.29) is 5.91 Å². The van der Waals surface area contributed by atoms with Gasteiger partial charge in [-0.2, -0.15) is 4.98 Å². The monoisotopic (exact) mass is 356 g/mol. The molecule has 0 unspecified atom stereocenters. The van der Waals surface area contributed by atoms with Crippen molar-refractivity contribution in [1.29, 1.82) is 0 Å². The van der Waals surface area contributed by atoms with Crippen LogP contribution in [0, 0.1) is 0 Å². The van der Waals surface area contributed by atoms with Crippen LogP contribution < -0.4 is 0 Å². The molecule has 0 bridgehead atoms. The Bertz CT molecular complexity index is 834. The van der Waals surface area contributed by atoms with E-state index in [0.717, 1.165) is 11.1 Å². The summed E-state index contributed by atoms with van der Waals surface area (Å²) in [5.74, 6) is 0.957. The largest absolute Gasteiger partial charge is 0.341 e. The molecule has 0 aliphatic carbocycles. The lowest BCUT2D eigenvalue weighted by atomic mass is 10.2. The molecule has 2 aromatic heterocycles. The summed E-state index contributed by atoms with van der Waals surface area (Å²) in [5, 5.41) is 4.61. The third kappa shape index (κ3) is 4.64. The maximum absolute atomic E-state index is 12.3.